The van der Waals surface area contributed by atoms with Crippen LogP contribution in [0.2, 0.25) is 0 Å². The fraction of sp³-hybridized carbons (Fsp3) is 0.923. The molecule has 4 nitrogen and oxygen atoms in total. The Bertz CT molecular complexity index is 267. The van der Waals surface area contributed by atoms with E-state index in [2.05, 4.69) is 5.32 Å². The zero-order valence-electron chi connectivity index (χ0n) is 11.6. The second kappa shape index (κ2) is 6.73. The van der Waals surface area contributed by atoms with Gasteiger partial charge in [-0.05, 0) is 58.3 Å². The van der Waals surface area contributed by atoms with Crippen molar-refractivity contribution in [3.05, 3.63) is 0 Å². The van der Waals surface area contributed by atoms with Gasteiger partial charge in [0.05, 0.1) is 6.54 Å². The summed E-state index contributed by atoms with van der Waals surface area (Å²) in [5.74, 6) is 0.291. The van der Waals surface area contributed by atoms with Gasteiger partial charge in [-0.3, -0.25) is 4.79 Å². The number of carbonyl (C=O) groups excluding carboxylic acids is 1. The average Bonchev–Trinajstić information content (AvgIpc) is 2.30. The van der Waals surface area contributed by atoms with Crippen molar-refractivity contribution in [2.24, 2.45) is 5.41 Å². The summed E-state index contributed by atoms with van der Waals surface area (Å²) in [4.78, 5) is 16.0. The Balaban J connectivity index is 0.00000162. The van der Waals surface area contributed by atoms with Gasteiger partial charge in [-0.2, -0.15) is 0 Å². The first-order valence-corrected chi connectivity index (χ1v) is 6.75. The van der Waals surface area contributed by atoms with E-state index in [1.54, 1.807) is 0 Å². The average molecular weight is 276 g/mol. The third kappa shape index (κ3) is 3.84. The van der Waals surface area contributed by atoms with E-state index in [1.165, 1.54) is 25.7 Å². The quantitative estimate of drug-likeness (QED) is 0.816. The number of hydrogen-bond donors (Lipinski definition) is 1. The summed E-state index contributed by atoms with van der Waals surface area (Å²) in [7, 11) is 3.91. The maximum absolute atomic E-state index is 12.0. The van der Waals surface area contributed by atoms with Crippen molar-refractivity contribution in [3.63, 3.8) is 0 Å². The highest BCUT2D eigenvalue weighted by molar-refractivity contribution is 5.85. The summed E-state index contributed by atoms with van der Waals surface area (Å²) in [5, 5.41) is 3.43. The molecule has 0 saturated carbocycles. The van der Waals surface area contributed by atoms with Crippen LogP contribution in [0, 0.1) is 5.41 Å². The topological polar surface area (TPSA) is 35.6 Å². The van der Waals surface area contributed by atoms with Gasteiger partial charge >= 0.3 is 0 Å². The Morgan fingerprint density at radius 2 is 1.72 bits per heavy atom. The minimum absolute atomic E-state index is 0. The molecule has 2 fully saturated rings. The van der Waals surface area contributed by atoms with E-state index >= 15 is 0 Å². The van der Waals surface area contributed by atoms with E-state index in [0.717, 1.165) is 26.2 Å². The smallest absolute Gasteiger partial charge is 0.236 e. The van der Waals surface area contributed by atoms with Crippen LogP contribution >= 0.6 is 12.4 Å². The molecule has 5 heteroatoms. The van der Waals surface area contributed by atoms with E-state index in [9.17, 15) is 4.79 Å². The van der Waals surface area contributed by atoms with Crippen LogP contribution in [0.25, 0.3) is 0 Å². The molecule has 2 heterocycles. The molecule has 0 atom stereocenters. The van der Waals surface area contributed by atoms with Gasteiger partial charge < -0.3 is 15.1 Å². The van der Waals surface area contributed by atoms with Crippen molar-refractivity contribution in [3.8, 4) is 0 Å². The molecule has 0 aliphatic carbocycles. The van der Waals surface area contributed by atoms with E-state index in [-0.39, 0.29) is 12.4 Å². The Morgan fingerprint density at radius 3 is 2.22 bits per heavy atom. The Hall–Kier alpha value is -0.320. The molecule has 0 unspecified atom stereocenters. The first-order chi connectivity index (χ1) is 8.11. The highest BCUT2D eigenvalue weighted by atomic mass is 35.5. The molecule has 1 N–H and O–H groups in total. The third-order valence-corrected chi connectivity index (χ3v) is 4.29. The summed E-state index contributed by atoms with van der Waals surface area (Å²) in [5.41, 5.74) is 0.542. The van der Waals surface area contributed by atoms with Crippen LogP contribution in [0.15, 0.2) is 0 Å². The van der Waals surface area contributed by atoms with Crippen molar-refractivity contribution in [1.29, 1.82) is 0 Å². The van der Waals surface area contributed by atoms with Gasteiger partial charge in [-0.1, -0.05) is 0 Å². The number of likely N-dealkylation sites (N-methyl/N-ethyl adjacent to an activating group) is 1. The van der Waals surface area contributed by atoms with Crippen LogP contribution in [0.3, 0.4) is 0 Å². The van der Waals surface area contributed by atoms with Crippen LogP contribution in [0.5, 0.6) is 0 Å². The SMILES string of the molecule is CN(C)CC(=O)N1CCC2(CCNCC2)CC1.Cl. The lowest BCUT2D eigenvalue weighted by atomic mass is 9.71. The van der Waals surface area contributed by atoms with Crippen LogP contribution < -0.4 is 5.32 Å². The summed E-state index contributed by atoms with van der Waals surface area (Å²) >= 11 is 0. The van der Waals surface area contributed by atoms with Gasteiger partial charge in [0.25, 0.3) is 0 Å². The largest absolute Gasteiger partial charge is 0.342 e. The normalized spacial score (nSPS) is 22.9. The predicted molar refractivity (Wildman–Crippen MR) is 76.2 cm³/mol. The summed E-state index contributed by atoms with van der Waals surface area (Å²) in [6, 6.07) is 0. The molecule has 0 bridgehead atoms. The van der Waals surface area contributed by atoms with Gasteiger partial charge in [0.15, 0.2) is 0 Å². The number of halogens is 1. The van der Waals surface area contributed by atoms with Crippen LogP contribution in [0.1, 0.15) is 25.7 Å². The first-order valence-electron chi connectivity index (χ1n) is 6.75. The van der Waals surface area contributed by atoms with Crippen LogP contribution in [0.4, 0.5) is 0 Å². The molecule has 0 aromatic rings. The highest BCUT2D eigenvalue weighted by Gasteiger charge is 2.36. The fourth-order valence-electron chi connectivity index (χ4n) is 3.06. The molecular weight excluding hydrogens is 250 g/mol. The van der Waals surface area contributed by atoms with E-state index in [1.807, 2.05) is 23.9 Å². The predicted octanol–water partition coefficient (Wildman–Crippen LogP) is 0.962. The molecule has 2 saturated heterocycles. The molecule has 1 amide bonds. The second-order valence-corrected chi connectivity index (χ2v) is 5.87. The number of hydrogen-bond acceptors (Lipinski definition) is 3. The standard InChI is InChI=1S/C13H25N3O.ClH/c1-15(2)11-12(17)16-9-5-13(6-10-16)3-7-14-8-4-13;/h14H,3-11H2,1-2H3;1H. The maximum atomic E-state index is 12.0. The van der Waals surface area contributed by atoms with Gasteiger partial charge in [-0.15, -0.1) is 12.4 Å². The van der Waals surface area contributed by atoms with Crippen molar-refractivity contribution in [2.75, 3.05) is 46.8 Å². The Morgan fingerprint density at radius 1 is 1.17 bits per heavy atom. The molecular formula is C13H26ClN3O. The number of nitrogens with zero attached hydrogens (tertiary/aromatic N) is 2. The van der Waals surface area contributed by atoms with Crippen molar-refractivity contribution in [1.82, 2.24) is 15.1 Å². The second-order valence-electron chi connectivity index (χ2n) is 5.87. The number of rotatable bonds is 2. The zero-order chi connectivity index (χ0) is 12.3. The Labute approximate surface area is 116 Å². The van der Waals surface area contributed by atoms with E-state index < -0.39 is 0 Å². The number of carbonyl (C=O) groups is 1. The lowest BCUT2D eigenvalue weighted by Crippen LogP contribution is -2.48. The van der Waals surface area contributed by atoms with Crippen LogP contribution in [-0.4, -0.2) is 62.5 Å². The third-order valence-electron chi connectivity index (χ3n) is 4.29. The van der Waals surface area contributed by atoms with E-state index in [4.69, 9.17) is 0 Å². The number of likely N-dealkylation sites (tertiary alicyclic amines) is 1. The summed E-state index contributed by atoms with van der Waals surface area (Å²) in [6.07, 6.45) is 4.99. The molecule has 2 rings (SSSR count). The molecule has 0 aromatic carbocycles. The minimum atomic E-state index is 0. The van der Waals surface area contributed by atoms with Crippen molar-refractivity contribution >= 4 is 18.3 Å². The fourth-order valence-corrected chi connectivity index (χ4v) is 3.06. The first kappa shape index (κ1) is 15.7. The zero-order valence-corrected chi connectivity index (χ0v) is 12.4. The lowest BCUT2D eigenvalue weighted by molar-refractivity contribution is -0.134. The van der Waals surface area contributed by atoms with Gasteiger partial charge in [0.2, 0.25) is 5.91 Å². The number of amides is 1. The monoisotopic (exact) mass is 275 g/mol. The molecule has 1 spiro atoms. The molecule has 106 valence electrons. The number of piperidine rings is 2. The van der Waals surface area contributed by atoms with E-state index in [0.29, 0.717) is 17.9 Å². The summed E-state index contributed by atoms with van der Waals surface area (Å²) < 4.78 is 0. The van der Waals surface area contributed by atoms with Gasteiger partial charge in [-0.25, -0.2) is 0 Å². The maximum Gasteiger partial charge on any atom is 0.236 e. The molecule has 18 heavy (non-hydrogen) atoms. The molecule has 0 radical (unpaired) electrons. The van der Waals surface area contributed by atoms with Gasteiger partial charge in [0, 0.05) is 13.1 Å². The van der Waals surface area contributed by atoms with Crippen molar-refractivity contribution < 1.29 is 4.79 Å². The highest BCUT2D eigenvalue weighted by Crippen LogP contribution is 2.39. The van der Waals surface area contributed by atoms with Crippen molar-refractivity contribution in [2.45, 2.75) is 25.7 Å². The van der Waals surface area contributed by atoms with Gasteiger partial charge in [0.1, 0.15) is 0 Å². The molecule has 2 aliphatic heterocycles. The number of nitrogens with one attached hydrogen (secondary N) is 1. The molecule has 2 aliphatic rings. The van der Waals surface area contributed by atoms with Crippen LogP contribution in [-0.2, 0) is 4.79 Å². The lowest BCUT2D eigenvalue weighted by Gasteiger charge is -2.44. The molecule has 0 aromatic heterocycles. The Kier molecular flexibility index (Phi) is 5.89. The minimum Gasteiger partial charge on any atom is -0.342 e. The summed E-state index contributed by atoms with van der Waals surface area (Å²) in [6.45, 7) is 4.80.